The summed E-state index contributed by atoms with van der Waals surface area (Å²) in [6.07, 6.45) is -0.342. The molecule has 9 nitrogen and oxygen atoms in total. The van der Waals surface area contributed by atoms with Gasteiger partial charge in [-0.25, -0.2) is 4.99 Å². The Morgan fingerprint density at radius 1 is 1.22 bits per heavy atom. The van der Waals surface area contributed by atoms with Gasteiger partial charge in [0.25, 0.3) is 0 Å². The van der Waals surface area contributed by atoms with E-state index >= 15 is 0 Å². The lowest BCUT2D eigenvalue weighted by Gasteiger charge is -2.45. The Kier molecular flexibility index (Phi) is 7.18. The van der Waals surface area contributed by atoms with Gasteiger partial charge in [-0.2, -0.15) is 10.5 Å². The van der Waals surface area contributed by atoms with Gasteiger partial charge in [0.05, 0.1) is 11.6 Å². The molecule has 2 aromatic rings. The Hall–Kier alpha value is -3.34. The van der Waals surface area contributed by atoms with E-state index in [0.717, 1.165) is 0 Å². The number of nitriles is 2. The lowest BCUT2D eigenvalue weighted by atomic mass is 9.84. The highest BCUT2D eigenvalue weighted by Gasteiger charge is 2.52. The molecule has 0 amide bonds. The SMILES string of the molecule is COC(OC)[C@@]1(C)Oc2ccc(C#N)cc2[C@H](N=C(NC#N)Nc2ccc(Cl)cc2)[C@H]1O. The van der Waals surface area contributed by atoms with E-state index in [1.54, 1.807) is 49.4 Å². The van der Waals surface area contributed by atoms with Crippen molar-refractivity contribution in [2.45, 2.75) is 31.0 Å². The monoisotopic (exact) mass is 455 g/mol. The number of nitrogens with zero attached hydrogens (tertiary/aromatic N) is 3. The fourth-order valence-corrected chi connectivity index (χ4v) is 3.70. The first-order valence-electron chi connectivity index (χ1n) is 9.58. The second-order valence-corrected chi connectivity index (χ2v) is 7.63. The van der Waals surface area contributed by atoms with Crippen molar-refractivity contribution in [3.05, 3.63) is 58.6 Å². The average Bonchev–Trinajstić information content (AvgIpc) is 2.79. The van der Waals surface area contributed by atoms with Gasteiger partial charge in [-0.15, -0.1) is 0 Å². The molecular formula is C22H22ClN5O4. The minimum absolute atomic E-state index is 0.0859. The molecule has 1 aliphatic rings. The number of ether oxygens (including phenoxy) is 3. The first-order chi connectivity index (χ1) is 15.4. The van der Waals surface area contributed by atoms with E-state index in [0.29, 0.717) is 27.6 Å². The van der Waals surface area contributed by atoms with Gasteiger partial charge in [0, 0.05) is 30.5 Å². The summed E-state index contributed by atoms with van der Waals surface area (Å²) in [5, 5.41) is 35.9. The molecule has 0 bridgehead atoms. The normalized spacial score (nSPS) is 22.3. The maximum absolute atomic E-state index is 11.3. The standard InChI is InChI=1S/C22H22ClN5O4/c1-22(20(30-2)31-3)19(29)18(16-10-13(11-24)4-9-17(16)32-22)28-21(26-12-25)27-15-7-5-14(23)6-8-15/h4-10,18-20,29H,1-3H3,(H2,26,27,28)/t18-,19+,22-/m0/s1. The Bertz CT molecular complexity index is 1080. The smallest absolute Gasteiger partial charge is 0.209 e. The molecule has 1 aliphatic heterocycles. The molecule has 3 atom stereocenters. The van der Waals surface area contributed by atoms with Gasteiger partial charge in [0.1, 0.15) is 17.9 Å². The molecule has 0 radical (unpaired) electrons. The van der Waals surface area contributed by atoms with E-state index in [-0.39, 0.29) is 5.96 Å². The topological polar surface area (TPSA) is 132 Å². The summed E-state index contributed by atoms with van der Waals surface area (Å²) in [6.45, 7) is 1.64. The van der Waals surface area contributed by atoms with E-state index in [9.17, 15) is 15.6 Å². The Balaban J connectivity index is 2.10. The van der Waals surface area contributed by atoms with Gasteiger partial charge in [-0.05, 0) is 49.4 Å². The molecular weight excluding hydrogens is 434 g/mol. The first-order valence-corrected chi connectivity index (χ1v) is 9.96. The quantitative estimate of drug-likeness (QED) is 0.206. The van der Waals surface area contributed by atoms with E-state index in [1.165, 1.54) is 14.2 Å². The van der Waals surface area contributed by atoms with Crippen molar-refractivity contribution in [2.24, 2.45) is 4.99 Å². The largest absolute Gasteiger partial charge is 0.479 e. The number of aliphatic hydroxyl groups excluding tert-OH is 1. The predicted molar refractivity (Wildman–Crippen MR) is 118 cm³/mol. The van der Waals surface area contributed by atoms with Crippen LogP contribution >= 0.6 is 11.6 Å². The van der Waals surface area contributed by atoms with E-state index in [1.807, 2.05) is 6.19 Å². The number of hydrogen-bond donors (Lipinski definition) is 3. The molecule has 32 heavy (non-hydrogen) atoms. The number of rotatable bonds is 5. The van der Waals surface area contributed by atoms with Crippen molar-refractivity contribution in [1.29, 1.82) is 10.5 Å². The fraction of sp³-hybridized carbons (Fsp3) is 0.318. The number of methoxy groups -OCH3 is 2. The van der Waals surface area contributed by atoms with E-state index in [2.05, 4.69) is 21.7 Å². The summed E-state index contributed by atoms with van der Waals surface area (Å²) in [5.41, 5.74) is 0.142. The zero-order valence-electron chi connectivity index (χ0n) is 17.7. The van der Waals surface area contributed by atoms with Crippen LogP contribution in [0.25, 0.3) is 0 Å². The summed E-state index contributed by atoms with van der Waals surface area (Å²) in [5.74, 6) is 0.496. The van der Waals surface area contributed by atoms with Crippen molar-refractivity contribution in [3.8, 4) is 18.0 Å². The Morgan fingerprint density at radius 2 is 1.91 bits per heavy atom. The lowest BCUT2D eigenvalue weighted by molar-refractivity contribution is -0.237. The third-order valence-corrected chi connectivity index (χ3v) is 5.37. The number of guanidine groups is 1. The maximum Gasteiger partial charge on any atom is 0.209 e. The van der Waals surface area contributed by atoms with Crippen LogP contribution in [0.4, 0.5) is 5.69 Å². The number of nitrogens with one attached hydrogen (secondary N) is 2. The summed E-state index contributed by atoms with van der Waals surface area (Å²) in [6, 6.07) is 12.8. The van der Waals surface area contributed by atoms with Crippen LogP contribution in [0.15, 0.2) is 47.5 Å². The van der Waals surface area contributed by atoms with E-state index < -0.39 is 24.0 Å². The highest BCUT2D eigenvalue weighted by Crippen LogP contribution is 2.44. The van der Waals surface area contributed by atoms with Gasteiger partial charge >= 0.3 is 0 Å². The van der Waals surface area contributed by atoms with Crippen molar-refractivity contribution >= 4 is 23.2 Å². The molecule has 1 heterocycles. The number of fused-ring (bicyclic) bond motifs is 1. The van der Waals surface area contributed by atoms with Crippen LogP contribution in [-0.2, 0) is 9.47 Å². The fourth-order valence-electron chi connectivity index (χ4n) is 3.57. The molecule has 3 N–H and O–H groups in total. The Labute approximate surface area is 190 Å². The van der Waals surface area contributed by atoms with Crippen LogP contribution < -0.4 is 15.4 Å². The average molecular weight is 456 g/mol. The van der Waals surface area contributed by atoms with Gasteiger partial charge in [0.15, 0.2) is 18.1 Å². The van der Waals surface area contributed by atoms with Crippen LogP contribution in [-0.4, -0.2) is 43.3 Å². The van der Waals surface area contributed by atoms with Gasteiger partial charge in [-0.3, -0.25) is 5.32 Å². The summed E-state index contributed by atoms with van der Waals surface area (Å²) < 4.78 is 16.8. The molecule has 0 aliphatic carbocycles. The predicted octanol–water partition coefficient (Wildman–Crippen LogP) is 2.92. The first kappa shape index (κ1) is 23.3. The second-order valence-electron chi connectivity index (χ2n) is 7.19. The van der Waals surface area contributed by atoms with Crippen LogP contribution in [0.2, 0.25) is 5.02 Å². The molecule has 0 aromatic heterocycles. The van der Waals surface area contributed by atoms with Crippen LogP contribution in [0.5, 0.6) is 5.75 Å². The minimum atomic E-state index is -1.34. The number of aliphatic hydroxyl groups is 1. The van der Waals surface area contributed by atoms with E-state index in [4.69, 9.17) is 25.8 Å². The second kappa shape index (κ2) is 9.86. The molecule has 0 fully saturated rings. The van der Waals surface area contributed by atoms with Crippen LogP contribution in [0, 0.1) is 22.8 Å². The van der Waals surface area contributed by atoms with Crippen LogP contribution in [0.1, 0.15) is 24.1 Å². The zero-order chi connectivity index (χ0) is 23.3. The summed E-state index contributed by atoms with van der Waals surface area (Å²) in [4.78, 5) is 4.58. The van der Waals surface area contributed by atoms with Crippen molar-refractivity contribution in [2.75, 3.05) is 19.5 Å². The molecule has 2 aromatic carbocycles. The zero-order valence-corrected chi connectivity index (χ0v) is 18.4. The minimum Gasteiger partial charge on any atom is -0.479 e. The molecule has 0 spiro atoms. The maximum atomic E-state index is 11.3. The number of anilines is 1. The highest BCUT2D eigenvalue weighted by molar-refractivity contribution is 6.30. The summed E-state index contributed by atoms with van der Waals surface area (Å²) >= 11 is 5.93. The molecule has 0 unspecified atom stereocenters. The van der Waals surface area contributed by atoms with Crippen molar-refractivity contribution in [1.82, 2.24) is 5.32 Å². The van der Waals surface area contributed by atoms with Crippen molar-refractivity contribution in [3.63, 3.8) is 0 Å². The molecule has 3 rings (SSSR count). The third-order valence-electron chi connectivity index (χ3n) is 5.12. The van der Waals surface area contributed by atoms with Gasteiger partial charge in [0.2, 0.25) is 5.96 Å². The Morgan fingerprint density at radius 3 is 2.50 bits per heavy atom. The van der Waals surface area contributed by atoms with Crippen molar-refractivity contribution < 1.29 is 19.3 Å². The third kappa shape index (κ3) is 4.62. The molecule has 0 saturated heterocycles. The number of benzene rings is 2. The molecule has 166 valence electrons. The number of hydrogen-bond acceptors (Lipinski definition) is 7. The molecule has 0 saturated carbocycles. The van der Waals surface area contributed by atoms with Gasteiger partial charge < -0.3 is 24.6 Å². The van der Waals surface area contributed by atoms with Gasteiger partial charge in [-0.1, -0.05) is 11.6 Å². The summed E-state index contributed by atoms with van der Waals surface area (Å²) in [7, 11) is 2.87. The molecule has 10 heteroatoms. The lowest BCUT2D eigenvalue weighted by Crippen LogP contribution is -2.59. The number of aliphatic imine (C=N–C) groups is 1. The highest BCUT2D eigenvalue weighted by atomic mass is 35.5. The number of halogens is 1. The van der Waals surface area contributed by atoms with Crippen LogP contribution in [0.3, 0.4) is 0 Å².